The maximum atomic E-state index is 10.6. The molecule has 1 aliphatic rings. The van der Waals surface area contributed by atoms with Crippen LogP contribution < -0.4 is 5.48 Å². The van der Waals surface area contributed by atoms with Crippen LogP contribution in [-0.2, 0) is 14.4 Å². The number of carbonyl (C=O) groups excluding carboxylic acids is 1. The van der Waals surface area contributed by atoms with E-state index in [2.05, 4.69) is 10.3 Å². The van der Waals surface area contributed by atoms with Gasteiger partial charge in [-0.25, -0.2) is 15.1 Å². The molecule has 1 heterocycles. The van der Waals surface area contributed by atoms with E-state index in [1.54, 1.807) is 12.2 Å². The van der Waals surface area contributed by atoms with Gasteiger partial charge in [-0.1, -0.05) is 6.08 Å². The molecule has 1 aliphatic heterocycles. The fourth-order valence-electron chi connectivity index (χ4n) is 0.355. The topological polar surface area (TPSA) is 75.6 Å². The zero-order valence-electron chi connectivity index (χ0n) is 7.12. The number of hydrogen-bond donors (Lipinski definition) is 2. The van der Waals surface area contributed by atoms with Gasteiger partial charge in [0.1, 0.15) is 0 Å². The highest BCUT2D eigenvalue weighted by atomic mass is 19.4. The van der Waals surface area contributed by atoms with E-state index in [-0.39, 0.29) is 5.97 Å². The van der Waals surface area contributed by atoms with Gasteiger partial charge in [-0.15, -0.1) is 0 Å². The molecule has 0 spiro atoms. The van der Waals surface area contributed by atoms with E-state index in [0.717, 1.165) is 0 Å². The standard InChI is InChI=1S/C5H5NO2.C2HF3O2/c7-5-3-1-2-4-6-8-5;3-2(4,5)1(6)7/h1-4,6H;(H,6,7). The van der Waals surface area contributed by atoms with E-state index in [9.17, 15) is 18.0 Å². The Morgan fingerprint density at radius 2 is 1.93 bits per heavy atom. The first-order valence-corrected chi connectivity index (χ1v) is 3.43. The van der Waals surface area contributed by atoms with Gasteiger partial charge >= 0.3 is 18.1 Å². The second-order valence-corrected chi connectivity index (χ2v) is 2.06. The van der Waals surface area contributed by atoms with E-state index in [4.69, 9.17) is 9.90 Å². The number of aliphatic carboxylic acids is 1. The van der Waals surface area contributed by atoms with E-state index >= 15 is 0 Å². The molecule has 5 nitrogen and oxygen atoms in total. The van der Waals surface area contributed by atoms with Gasteiger partial charge in [0.15, 0.2) is 0 Å². The molecule has 15 heavy (non-hydrogen) atoms. The molecule has 0 unspecified atom stereocenters. The summed E-state index contributed by atoms with van der Waals surface area (Å²) in [5, 5.41) is 7.12. The van der Waals surface area contributed by atoms with Gasteiger partial charge < -0.3 is 9.94 Å². The number of hydrogen-bond acceptors (Lipinski definition) is 4. The lowest BCUT2D eigenvalue weighted by molar-refractivity contribution is -0.192. The molecule has 0 atom stereocenters. The fourth-order valence-corrected chi connectivity index (χ4v) is 0.355. The zero-order valence-corrected chi connectivity index (χ0v) is 7.12. The summed E-state index contributed by atoms with van der Waals surface area (Å²) in [6.45, 7) is 0. The minimum atomic E-state index is -5.08. The highest BCUT2D eigenvalue weighted by molar-refractivity contribution is 5.82. The molecular weight excluding hydrogens is 219 g/mol. The Morgan fingerprint density at radius 1 is 1.40 bits per heavy atom. The molecule has 0 aliphatic carbocycles. The van der Waals surface area contributed by atoms with Crippen molar-refractivity contribution in [2.75, 3.05) is 0 Å². The van der Waals surface area contributed by atoms with Gasteiger partial charge in [0.2, 0.25) is 0 Å². The van der Waals surface area contributed by atoms with Crippen molar-refractivity contribution < 1.29 is 32.7 Å². The molecule has 0 amide bonds. The van der Waals surface area contributed by atoms with Crippen LogP contribution in [0.15, 0.2) is 24.4 Å². The maximum Gasteiger partial charge on any atom is 0.490 e. The van der Waals surface area contributed by atoms with E-state index in [1.807, 2.05) is 0 Å². The quantitative estimate of drug-likeness (QED) is 0.636. The zero-order chi connectivity index (χ0) is 11.9. The number of alkyl halides is 3. The van der Waals surface area contributed by atoms with Crippen LogP contribution in [0.25, 0.3) is 0 Å². The first-order chi connectivity index (χ1) is 6.84. The first kappa shape index (κ1) is 13.0. The number of carboxylic acids is 1. The fraction of sp³-hybridized carbons (Fsp3) is 0.143. The normalized spacial score (nSPS) is 14.2. The monoisotopic (exact) mass is 225 g/mol. The average Bonchev–Trinajstić information content (AvgIpc) is 2.32. The maximum absolute atomic E-state index is 10.6. The van der Waals surface area contributed by atoms with Gasteiger partial charge in [0.25, 0.3) is 0 Å². The summed E-state index contributed by atoms with van der Waals surface area (Å²) in [6.07, 6.45) is 1.05. The lowest BCUT2D eigenvalue weighted by atomic mass is 10.5. The van der Waals surface area contributed by atoms with Crippen LogP contribution in [0.3, 0.4) is 0 Å². The van der Waals surface area contributed by atoms with Crippen molar-refractivity contribution in [1.29, 1.82) is 0 Å². The minimum absolute atomic E-state index is 0.380. The van der Waals surface area contributed by atoms with Crippen molar-refractivity contribution in [1.82, 2.24) is 5.48 Å². The summed E-state index contributed by atoms with van der Waals surface area (Å²) >= 11 is 0. The molecule has 0 radical (unpaired) electrons. The Labute approximate surface area is 81.8 Å². The van der Waals surface area contributed by atoms with Crippen molar-refractivity contribution in [2.24, 2.45) is 0 Å². The molecule has 2 N–H and O–H groups in total. The largest absolute Gasteiger partial charge is 0.490 e. The summed E-state index contributed by atoms with van der Waals surface area (Å²) in [4.78, 5) is 23.5. The smallest absolute Gasteiger partial charge is 0.475 e. The van der Waals surface area contributed by atoms with Gasteiger partial charge in [0.05, 0.1) is 0 Å². The number of rotatable bonds is 0. The Hall–Kier alpha value is -1.99. The van der Waals surface area contributed by atoms with Crippen molar-refractivity contribution in [3.05, 3.63) is 24.4 Å². The predicted octanol–water partition coefficient (Wildman–Crippen LogP) is 0.751. The molecule has 1 rings (SSSR count). The van der Waals surface area contributed by atoms with Gasteiger partial charge in [-0.2, -0.15) is 13.2 Å². The lowest BCUT2D eigenvalue weighted by Gasteiger charge is -1.93. The molecule has 84 valence electrons. The highest BCUT2D eigenvalue weighted by Crippen LogP contribution is 2.13. The lowest BCUT2D eigenvalue weighted by Crippen LogP contribution is -2.21. The molecule has 8 heteroatoms. The van der Waals surface area contributed by atoms with Crippen LogP contribution >= 0.6 is 0 Å². The number of carboxylic acid groups (broad SMARTS) is 1. The molecule has 0 aromatic heterocycles. The molecule has 0 saturated heterocycles. The van der Waals surface area contributed by atoms with Crippen molar-refractivity contribution >= 4 is 11.9 Å². The molecule has 0 aromatic carbocycles. The van der Waals surface area contributed by atoms with Gasteiger partial charge in [-0.05, 0) is 6.08 Å². The average molecular weight is 225 g/mol. The third-order valence-electron chi connectivity index (χ3n) is 0.910. The summed E-state index contributed by atoms with van der Waals surface area (Å²) in [7, 11) is 0. The van der Waals surface area contributed by atoms with E-state index < -0.39 is 12.1 Å². The summed E-state index contributed by atoms with van der Waals surface area (Å²) in [6, 6.07) is 0. The number of carbonyl (C=O) groups is 2. The highest BCUT2D eigenvalue weighted by Gasteiger charge is 2.38. The summed E-state index contributed by atoms with van der Waals surface area (Å²) in [5.74, 6) is -3.14. The van der Waals surface area contributed by atoms with Crippen molar-refractivity contribution in [2.45, 2.75) is 6.18 Å². The molecular formula is C7H6F3NO4. The third-order valence-corrected chi connectivity index (χ3v) is 0.910. The van der Waals surface area contributed by atoms with Crippen molar-refractivity contribution in [3.63, 3.8) is 0 Å². The predicted molar refractivity (Wildman–Crippen MR) is 41.2 cm³/mol. The van der Waals surface area contributed by atoms with E-state index in [1.165, 1.54) is 12.3 Å². The van der Waals surface area contributed by atoms with Crippen LogP contribution in [0.5, 0.6) is 0 Å². The summed E-state index contributed by atoms with van der Waals surface area (Å²) in [5.41, 5.74) is 2.30. The minimum Gasteiger partial charge on any atom is -0.475 e. The number of nitrogens with one attached hydrogen (secondary N) is 1. The van der Waals surface area contributed by atoms with E-state index in [0.29, 0.717) is 0 Å². The molecule has 0 bridgehead atoms. The number of hydroxylamine groups is 1. The Balaban J connectivity index is 0.000000265. The third kappa shape index (κ3) is 7.11. The van der Waals surface area contributed by atoms with Crippen LogP contribution in [0.4, 0.5) is 13.2 Å². The number of allylic oxidation sites excluding steroid dienone is 2. The number of halogens is 3. The second kappa shape index (κ2) is 5.68. The van der Waals surface area contributed by atoms with Crippen LogP contribution in [0.1, 0.15) is 0 Å². The molecule has 0 aromatic rings. The van der Waals surface area contributed by atoms with Crippen molar-refractivity contribution in [3.8, 4) is 0 Å². The van der Waals surface area contributed by atoms with Crippen LogP contribution in [0.2, 0.25) is 0 Å². The van der Waals surface area contributed by atoms with Gasteiger partial charge in [-0.3, -0.25) is 0 Å². The Morgan fingerprint density at radius 3 is 2.40 bits per heavy atom. The molecule has 0 saturated carbocycles. The second-order valence-electron chi connectivity index (χ2n) is 2.06. The SMILES string of the molecule is O=C(O)C(F)(F)F.O=C1C=CC=CNO1. The van der Waals surface area contributed by atoms with Crippen LogP contribution in [-0.4, -0.2) is 23.2 Å². The summed E-state index contributed by atoms with van der Waals surface area (Å²) < 4.78 is 31.7. The molecule has 0 fully saturated rings. The Kier molecular flexibility index (Phi) is 4.93. The van der Waals surface area contributed by atoms with Gasteiger partial charge in [0, 0.05) is 12.3 Å². The van der Waals surface area contributed by atoms with Crippen LogP contribution in [0, 0.1) is 0 Å². The first-order valence-electron chi connectivity index (χ1n) is 3.43. The Bertz CT molecular complexity index is 295.